The number of ether oxygens (including phenoxy) is 3. The van der Waals surface area contributed by atoms with Gasteiger partial charge in [-0.25, -0.2) is 13.6 Å². The van der Waals surface area contributed by atoms with E-state index in [9.17, 15) is 13.6 Å². The van der Waals surface area contributed by atoms with Gasteiger partial charge in [-0.05, 0) is 36.2 Å². The Morgan fingerprint density at radius 1 is 1.27 bits per heavy atom. The van der Waals surface area contributed by atoms with Crippen molar-refractivity contribution in [3.05, 3.63) is 57.6 Å². The molecule has 0 radical (unpaired) electrons. The van der Waals surface area contributed by atoms with E-state index in [-0.39, 0.29) is 23.7 Å². The van der Waals surface area contributed by atoms with Gasteiger partial charge >= 0.3 is 6.16 Å². The average Bonchev–Trinajstić information content (AvgIpc) is 2.62. The van der Waals surface area contributed by atoms with Crippen LogP contribution in [0.1, 0.15) is 28.7 Å². The Labute approximate surface area is 160 Å². The van der Waals surface area contributed by atoms with Gasteiger partial charge < -0.3 is 14.2 Å². The van der Waals surface area contributed by atoms with Crippen molar-refractivity contribution in [2.24, 2.45) is 0 Å². The van der Waals surface area contributed by atoms with E-state index in [2.05, 4.69) is 17.4 Å². The van der Waals surface area contributed by atoms with Crippen molar-refractivity contribution in [1.82, 2.24) is 0 Å². The highest BCUT2D eigenvalue weighted by Gasteiger charge is 2.19. The van der Waals surface area contributed by atoms with E-state index in [1.54, 1.807) is 25.1 Å². The van der Waals surface area contributed by atoms with Crippen LogP contribution >= 0.6 is 24.2 Å². The Morgan fingerprint density at radius 3 is 2.62 bits per heavy atom. The Morgan fingerprint density at radius 2 is 2.00 bits per heavy atom. The monoisotopic (exact) mass is 402 g/mol. The first-order chi connectivity index (χ1) is 12.4. The second-order valence-electron chi connectivity index (χ2n) is 5.34. The van der Waals surface area contributed by atoms with Crippen LogP contribution in [0.5, 0.6) is 11.5 Å². The summed E-state index contributed by atoms with van der Waals surface area (Å²) in [5.41, 5.74) is 1.50. The molecule has 0 fully saturated rings. The zero-order valence-corrected chi connectivity index (χ0v) is 15.7. The van der Waals surface area contributed by atoms with E-state index in [0.717, 1.165) is 5.56 Å². The molecular formula is C18H17ClF2O4S. The fourth-order valence-corrected chi connectivity index (χ4v) is 2.73. The van der Waals surface area contributed by atoms with Crippen LogP contribution in [-0.4, -0.2) is 13.3 Å². The van der Waals surface area contributed by atoms with Gasteiger partial charge in [-0.1, -0.05) is 23.7 Å². The highest BCUT2D eigenvalue weighted by Crippen LogP contribution is 2.35. The van der Waals surface area contributed by atoms with Crippen LogP contribution in [0, 0.1) is 6.92 Å². The van der Waals surface area contributed by atoms with Crippen LogP contribution in [0.25, 0.3) is 0 Å². The van der Waals surface area contributed by atoms with Crippen molar-refractivity contribution in [1.29, 1.82) is 0 Å². The standard InChI is InChI=1S/C18H17ClF2O4S/c1-10-6-12(17(20)21)16(7-14(10)19)24-8-13-11(9-26)4-3-5-15(13)25-18(22)23-2/h3-7,17,26H,8-9H2,1-2H3. The third kappa shape index (κ3) is 4.80. The summed E-state index contributed by atoms with van der Waals surface area (Å²) in [7, 11) is 1.18. The first-order valence-corrected chi connectivity index (χ1v) is 8.56. The SMILES string of the molecule is COC(=O)Oc1cccc(CS)c1COc1cc(Cl)c(C)cc1C(F)F. The number of carbonyl (C=O) groups excluding carboxylic acids is 1. The summed E-state index contributed by atoms with van der Waals surface area (Å²) in [4.78, 5) is 11.4. The molecule has 0 amide bonds. The van der Waals surface area contributed by atoms with E-state index in [1.807, 2.05) is 0 Å². The predicted octanol–water partition coefficient (Wildman–Crippen LogP) is 5.74. The Bertz CT molecular complexity index is 799. The quantitative estimate of drug-likeness (QED) is 0.380. The average molecular weight is 403 g/mol. The number of rotatable bonds is 6. The molecule has 0 N–H and O–H groups in total. The molecule has 0 saturated heterocycles. The van der Waals surface area contributed by atoms with Gasteiger partial charge in [0, 0.05) is 16.3 Å². The molecule has 2 aromatic carbocycles. The summed E-state index contributed by atoms with van der Waals surface area (Å²) >= 11 is 10.3. The molecule has 0 saturated carbocycles. The number of hydrogen-bond acceptors (Lipinski definition) is 5. The number of hydrogen-bond donors (Lipinski definition) is 1. The first-order valence-electron chi connectivity index (χ1n) is 7.55. The zero-order chi connectivity index (χ0) is 19.3. The van der Waals surface area contributed by atoms with Gasteiger partial charge in [-0.3, -0.25) is 0 Å². The third-order valence-electron chi connectivity index (χ3n) is 3.66. The summed E-state index contributed by atoms with van der Waals surface area (Å²) in [6.45, 7) is 1.53. The smallest absolute Gasteiger partial charge is 0.488 e. The van der Waals surface area contributed by atoms with Crippen LogP contribution < -0.4 is 9.47 Å². The molecule has 0 spiro atoms. The molecule has 4 nitrogen and oxygen atoms in total. The molecule has 2 rings (SSSR count). The van der Waals surface area contributed by atoms with Crippen LogP contribution in [0.15, 0.2) is 30.3 Å². The minimum Gasteiger partial charge on any atom is -0.488 e. The van der Waals surface area contributed by atoms with Gasteiger partial charge in [0.1, 0.15) is 18.1 Å². The molecule has 0 aliphatic heterocycles. The summed E-state index contributed by atoms with van der Waals surface area (Å²) in [6.07, 6.45) is -3.61. The molecule has 0 bridgehead atoms. The number of carbonyl (C=O) groups is 1. The second kappa shape index (κ2) is 9.09. The lowest BCUT2D eigenvalue weighted by molar-refractivity contribution is 0.120. The lowest BCUT2D eigenvalue weighted by Crippen LogP contribution is -2.11. The number of halogens is 3. The van der Waals surface area contributed by atoms with Crippen LogP contribution in [0.2, 0.25) is 5.02 Å². The fourth-order valence-electron chi connectivity index (χ4n) is 2.28. The van der Waals surface area contributed by atoms with Crippen molar-refractivity contribution in [2.75, 3.05) is 7.11 Å². The van der Waals surface area contributed by atoms with Gasteiger partial charge in [-0.15, -0.1) is 0 Å². The molecular weight excluding hydrogens is 386 g/mol. The Hall–Kier alpha value is -1.99. The third-order valence-corrected chi connectivity index (χ3v) is 4.41. The molecule has 0 aromatic heterocycles. The molecule has 0 aliphatic carbocycles. The number of thiol groups is 1. The van der Waals surface area contributed by atoms with E-state index >= 15 is 0 Å². The van der Waals surface area contributed by atoms with Gasteiger partial charge in [0.05, 0.1) is 12.7 Å². The van der Waals surface area contributed by atoms with E-state index < -0.39 is 12.6 Å². The second-order valence-corrected chi connectivity index (χ2v) is 6.06. The van der Waals surface area contributed by atoms with Crippen LogP contribution in [0.3, 0.4) is 0 Å². The topological polar surface area (TPSA) is 44.8 Å². The molecule has 0 heterocycles. The Kier molecular flexibility index (Phi) is 7.11. The van der Waals surface area contributed by atoms with E-state index in [0.29, 0.717) is 21.9 Å². The van der Waals surface area contributed by atoms with Gasteiger partial charge in [0.2, 0.25) is 0 Å². The molecule has 8 heteroatoms. The maximum absolute atomic E-state index is 13.3. The van der Waals surface area contributed by atoms with Crippen molar-refractivity contribution < 1.29 is 27.8 Å². The zero-order valence-electron chi connectivity index (χ0n) is 14.1. The van der Waals surface area contributed by atoms with Gasteiger partial charge in [0.15, 0.2) is 0 Å². The number of methoxy groups -OCH3 is 1. The molecule has 0 aliphatic rings. The lowest BCUT2D eigenvalue weighted by atomic mass is 10.1. The first kappa shape index (κ1) is 20.3. The highest BCUT2D eigenvalue weighted by atomic mass is 35.5. The van der Waals surface area contributed by atoms with Crippen molar-refractivity contribution in [3.63, 3.8) is 0 Å². The van der Waals surface area contributed by atoms with Crippen molar-refractivity contribution in [3.8, 4) is 11.5 Å². The maximum atomic E-state index is 13.3. The van der Waals surface area contributed by atoms with Gasteiger partial charge in [0.25, 0.3) is 6.43 Å². The number of alkyl halides is 2. The van der Waals surface area contributed by atoms with E-state index in [4.69, 9.17) is 21.1 Å². The number of aryl methyl sites for hydroxylation is 1. The summed E-state index contributed by atoms with van der Waals surface area (Å²) < 4.78 is 41.7. The Balaban J connectivity index is 2.35. The molecule has 0 unspecified atom stereocenters. The normalized spacial score (nSPS) is 10.7. The molecule has 0 atom stereocenters. The summed E-state index contributed by atoms with van der Waals surface area (Å²) in [6, 6.07) is 7.65. The van der Waals surface area contributed by atoms with Crippen molar-refractivity contribution >= 4 is 30.4 Å². The van der Waals surface area contributed by atoms with E-state index in [1.165, 1.54) is 19.2 Å². The highest BCUT2D eigenvalue weighted by molar-refractivity contribution is 7.79. The fraction of sp³-hybridized carbons (Fsp3) is 0.278. The minimum absolute atomic E-state index is 0.0337. The summed E-state index contributed by atoms with van der Waals surface area (Å²) in [5, 5.41) is 0.318. The maximum Gasteiger partial charge on any atom is 0.513 e. The largest absolute Gasteiger partial charge is 0.513 e. The summed E-state index contributed by atoms with van der Waals surface area (Å²) in [5.74, 6) is 0.516. The van der Waals surface area contributed by atoms with Crippen LogP contribution in [0.4, 0.5) is 13.6 Å². The van der Waals surface area contributed by atoms with Crippen molar-refractivity contribution in [2.45, 2.75) is 25.7 Å². The number of benzene rings is 2. The predicted molar refractivity (Wildman–Crippen MR) is 97.6 cm³/mol. The van der Waals surface area contributed by atoms with Crippen LogP contribution in [-0.2, 0) is 17.1 Å². The minimum atomic E-state index is -2.72. The van der Waals surface area contributed by atoms with Gasteiger partial charge in [-0.2, -0.15) is 12.6 Å². The molecule has 26 heavy (non-hydrogen) atoms. The molecule has 2 aromatic rings. The lowest BCUT2D eigenvalue weighted by Gasteiger charge is -2.16. The molecule has 140 valence electrons.